The summed E-state index contributed by atoms with van der Waals surface area (Å²) in [6.45, 7) is 1.03. The lowest BCUT2D eigenvalue weighted by Crippen LogP contribution is -2.65. The van der Waals surface area contributed by atoms with Crippen LogP contribution in [-0.4, -0.2) is 56.2 Å². The molecule has 0 unspecified atom stereocenters. The van der Waals surface area contributed by atoms with Gasteiger partial charge in [0.15, 0.2) is 0 Å². The summed E-state index contributed by atoms with van der Waals surface area (Å²) in [5.41, 5.74) is -0.624. The molecule has 7 nitrogen and oxygen atoms in total. The number of aliphatic hydroxyl groups is 1. The van der Waals surface area contributed by atoms with Gasteiger partial charge in [-0.3, -0.25) is 0 Å². The highest BCUT2D eigenvalue weighted by atomic mass is 35.5. The first-order chi connectivity index (χ1) is 16.6. The van der Waals surface area contributed by atoms with E-state index < -0.39 is 21.3 Å². The lowest BCUT2D eigenvalue weighted by molar-refractivity contribution is 0.0141. The number of nitriles is 1. The van der Waals surface area contributed by atoms with E-state index in [4.69, 9.17) is 33.2 Å². The smallest absolute Gasteiger partial charge is 0.244 e. The van der Waals surface area contributed by atoms with Crippen LogP contribution < -0.4 is 10.1 Å². The zero-order chi connectivity index (χ0) is 25.2. The van der Waals surface area contributed by atoms with Crippen LogP contribution in [-0.2, 0) is 10.0 Å². The molecule has 36 heavy (non-hydrogen) atoms. The average molecular weight is 579 g/mol. The summed E-state index contributed by atoms with van der Waals surface area (Å²) in [5, 5.41) is 22.6. The zero-order valence-electron chi connectivity index (χ0n) is 19.3. The Morgan fingerprint density at radius 1 is 1.17 bits per heavy atom. The summed E-state index contributed by atoms with van der Waals surface area (Å²) < 4.78 is 47.6. The van der Waals surface area contributed by atoms with Crippen LogP contribution in [0.15, 0.2) is 41.3 Å². The Bertz CT molecular complexity index is 1230. The second-order valence-electron chi connectivity index (χ2n) is 9.28. The highest BCUT2D eigenvalue weighted by Gasteiger charge is 2.49. The van der Waals surface area contributed by atoms with Crippen molar-refractivity contribution in [3.8, 4) is 11.8 Å². The molecule has 2 N–H and O–H groups in total. The van der Waals surface area contributed by atoms with Crippen LogP contribution in [0.5, 0.6) is 5.75 Å². The van der Waals surface area contributed by atoms with Gasteiger partial charge >= 0.3 is 0 Å². The molecule has 2 fully saturated rings. The number of nitrogens with zero attached hydrogens (tertiary/aromatic N) is 2. The number of hydrogen-bond acceptors (Lipinski definition) is 6. The van der Waals surface area contributed by atoms with Gasteiger partial charge in [0.25, 0.3) is 0 Å². The highest BCUT2D eigenvalue weighted by molar-refractivity contribution is 7.89. The number of benzene rings is 2. The maximum absolute atomic E-state index is 14.0. The SMILES string of the molecule is Cl.N#Cc1ccc(OCC2(CN[C@H]3CC[C@@H](O)CC3)CN(S(=O)(=O)c3ccc(Cl)cc3Cl)C2)cc1F. The zero-order valence-corrected chi connectivity index (χ0v) is 22.4. The minimum Gasteiger partial charge on any atom is -0.493 e. The second kappa shape index (κ2) is 11.8. The van der Waals surface area contributed by atoms with Crippen molar-refractivity contribution < 1.29 is 22.7 Å². The van der Waals surface area contributed by atoms with E-state index >= 15 is 0 Å². The van der Waals surface area contributed by atoms with E-state index in [2.05, 4.69) is 5.32 Å². The van der Waals surface area contributed by atoms with Crippen LogP contribution in [0.4, 0.5) is 4.39 Å². The van der Waals surface area contributed by atoms with Crippen molar-refractivity contribution in [2.24, 2.45) is 5.41 Å². The first kappa shape index (κ1) is 28.9. The summed E-state index contributed by atoms with van der Waals surface area (Å²) in [6.07, 6.45) is 2.84. The maximum Gasteiger partial charge on any atom is 0.244 e. The second-order valence-corrected chi connectivity index (χ2v) is 12.0. The minimum atomic E-state index is -3.84. The molecule has 0 atom stereocenters. The van der Waals surface area contributed by atoms with Gasteiger partial charge in [-0.25, -0.2) is 12.8 Å². The fourth-order valence-corrected chi connectivity index (χ4v) is 6.92. The molecule has 1 heterocycles. The van der Waals surface area contributed by atoms with Gasteiger partial charge in [0.05, 0.1) is 23.3 Å². The Labute approximate surface area is 226 Å². The number of hydrogen-bond donors (Lipinski definition) is 2. The molecule has 1 aliphatic carbocycles. The van der Waals surface area contributed by atoms with E-state index in [-0.39, 0.29) is 65.5 Å². The molecule has 4 rings (SSSR count). The van der Waals surface area contributed by atoms with Crippen molar-refractivity contribution in [1.82, 2.24) is 9.62 Å². The number of rotatable bonds is 8. The third-order valence-corrected chi connectivity index (χ3v) is 9.11. The first-order valence-electron chi connectivity index (χ1n) is 11.3. The van der Waals surface area contributed by atoms with E-state index in [1.807, 2.05) is 0 Å². The largest absolute Gasteiger partial charge is 0.493 e. The Hall–Kier alpha value is -1.64. The van der Waals surface area contributed by atoms with Crippen LogP contribution in [0.3, 0.4) is 0 Å². The van der Waals surface area contributed by atoms with Crippen LogP contribution in [0.25, 0.3) is 0 Å². The monoisotopic (exact) mass is 577 g/mol. The maximum atomic E-state index is 14.0. The molecule has 0 bridgehead atoms. The normalized spacial score (nSPS) is 21.6. The molecule has 2 aromatic rings. The molecule has 0 spiro atoms. The fourth-order valence-electron chi connectivity index (χ4n) is 4.50. The van der Waals surface area contributed by atoms with Gasteiger partial charge in [-0.2, -0.15) is 9.57 Å². The van der Waals surface area contributed by atoms with Crippen LogP contribution in [0.2, 0.25) is 10.0 Å². The molecule has 196 valence electrons. The molecule has 1 aliphatic heterocycles. The van der Waals surface area contributed by atoms with Gasteiger partial charge in [-0.1, -0.05) is 23.2 Å². The molecule has 0 radical (unpaired) electrons. The number of halogens is 4. The summed E-state index contributed by atoms with van der Waals surface area (Å²) >= 11 is 12.1. The van der Waals surface area contributed by atoms with Crippen molar-refractivity contribution in [2.45, 2.75) is 42.7 Å². The van der Waals surface area contributed by atoms with Crippen LogP contribution >= 0.6 is 35.6 Å². The van der Waals surface area contributed by atoms with E-state index in [0.717, 1.165) is 31.7 Å². The van der Waals surface area contributed by atoms with E-state index in [1.165, 1.54) is 34.6 Å². The average Bonchev–Trinajstić information content (AvgIpc) is 2.79. The third kappa shape index (κ3) is 6.43. The van der Waals surface area contributed by atoms with Crippen molar-refractivity contribution in [3.63, 3.8) is 0 Å². The molecule has 0 amide bonds. The molecule has 12 heteroatoms. The minimum absolute atomic E-state index is 0. The van der Waals surface area contributed by atoms with E-state index in [1.54, 1.807) is 6.07 Å². The molecule has 2 aliphatic rings. The van der Waals surface area contributed by atoms with E-state index in [9.17, 15) is 17.9 Å². The number of ether oxygens (including phenoxy) is 1. The Balaban J connectivity index is 0.00000361. The summed E-state index contributed by atoms with van der Waals surface area (Å²) in [6, 6.07) is 10.3. The van der Waals surface area contributed by atoms with Crippen molar-refractivity contribution in [2.75, 3.05) is 26.2 Å². The number of nitrogens with one attached hydrogen (secondary N) is 1. The Kier molecular flexibility index (Phi) is 9.50. The quantitative estimate of drug-likeness (QED) is 0.482. The summed E-state index contributed by atoms with van der Waals surface area (Å²) in [4.78, 5) is -0.0125. The predicted octanol–water partition coefficient (Wildman–Crippen LogP) is 4.39. The van der Waals surface area contributed by atoms with Gasteiger partial charge in [-0.05, 0) is 56.0 Å². The van der Waals surface area contributed by atoms with Crippen LogP contribution in [0.1, 0.15) is 31.2 Å². The third-order valence-electron chi connectivity index (χ3n) is 6.60. The lowest BCUT2D eigenvalue weighted by Gasteiger charge is -2.49. The molecule has 2 aromatic carbocycles. The van der Waals surface area contributed by atoms with Gasteiger partial charge in [0.1, 0.15) is 22.5 Å². The number of aliphatic hydroxyl groups excluding tert-OH is 1. The van der Waals surface area contributed by atoms with E-state index in [0.29, 0.717) is 11.6 Å². The summed E-state index contributed by atoms with van der Waals surface area (Å²) in [7, 11) is -3.84. The molecular formula is C24H27Cl3FN3O4S. The molecule has 1 saturated carbocycles. The fraction of sp³-hybridized carbons (Fsp3) is 0.458. The highest BCUT2D eigenvalue weighted by Crippen LogP contribution is 2.38. The lowest BCUT2D eigenvalue weighted by atomic mass is 9.81. The standard InChI is InChI=1S/C24H26Cl2FN3O4S.ClH/c25-17-2-8-23(21(26)9-17)35(32,33)30-13-24(14-30,12-29-18-3-5-19(31)6-4-18)15-34-20-7-1-16(11-28)22(27)10-20;/h1-2,7-10,18-19,29,31H,3-6,12-15H2;1H/t18-,19+;. The van der Waals surface area contributed by atoms with Gasteiger partial charge in [0.2, 0.25) is 10.0 Å². The topological polar surface area (TPSA) is 103 Å². The van der Waals surface area contributed by atoms with Crippen molar-refractivity contribution in [1.29, 1.82) is 5.26 Å². The van der Waals surface area contributed by atoms with Gasteiger partial charge in [-0.15, -0.1) is 12.4 Å². The molecular weight excluding hydrogens is 552 g/mol. The molecule has 0 aromatic heterocycles. The predicted molar refractivity (Wildman–Crippen MR) is 138 cm³/mol. The van der Waals surface area contributed by atoms with Crippen molar-refractivity contribution >= 4 is 45.6 Å². The summed E-state index contributed by atoms with van der Waals surface area (Å²) in [5.74, 6) is -0.406. The first-order valence-corrected chi connectivity index (χ1v) is 13.5. The number of sulfonamides is 1. The van der Waals surface area contributed by atoms with Gasteiger partial charge < -0.3 is 15.2 Å². The van der Waals surface area contributed by atoms with Crippen molar-refractivity contribution in [3.05, 3.63) is 57.8 Å². The van der Waals surface area contributed by atoms with Crippen LogP contribution in [0, 0.1) is 22.6 Å². The molecule has 1 saturated heterocycles. The Morgan fingerprint density at radius 3 is 2.47 bits per heavy atom. The Morgan fingerprint density at radius 2 is 1.86 bits per heavy atom. The van der Waals surface area contributed by atoms with Gasteiger partial charge in [0, 0.05) is 42.2 Å².